The molecule has 1 fully saturated rings. The van der Waals surface area contributed by atoms with Crippen molar-refractivity contribution < 1.29 is 17.6 Å². The lowest BCUT2D eigenvalue weighted by atomic mass is 10.2. The highest BCUT2D eigenvalue weighted by Gasteiger charge is 2.34. The Labute approximate surface area is 145 Å². The molecule has 2 heterocycles. The van der Waals surface area contributed by atoms with Crippen molar-refractivity contribution in [3.63, 3.8) is 0 Å². The first-order chi connectivity index (χ1) is 11.5. The summed E-state index contributed by atoms with van der Waals surface area (Å²) in [6.07, 6.45) is 1.33. The Kier molecular flexibility index (Phi) is 5.15. The second-order valence-corrected chi connectivity index (χ2v) is 9.04. The average molecular weight is 368 g/mol. The highest BCUT2D eigenvalue weighted by atomic mass is 32.2. The van der Waals surface area contributed by atoms with Crippen molar-refractivity contribution in [2.75, 3.05) is 23.8 Å². The standard InChI is InChI=1S/C16H20N2O4S2/c1-2-8-18(12-7-9-24(20,21)11-12)15(19)10-23-16-17-13-5-3-4-6-14(13)22-16/h3-6,12H,2,7-11H2,1H3. The normalized spacial score (nSPS) is 19.6. The third-order valence-corrected chi connectivity index (χ3v) is 6.59. The van der Waals surface area contributed by atoms with Gasteiger partial charge in [-0.1, -0.05) is 30.8 Å². The largest absolute Gasteiger partial charge is 0.431 e. The van der Waals surface area contributed by atoms with E-state index in [1.807, 2.05) is 31.2 Å². The van der Waals surface area contributed by atoms with Crippen molar-refractivity contribution in [2.45, 2.75) is 31.0 Å². The molecule has 1 aliphatic rings. The van der Waals surface area contributed by atoms with Crippen LogP contribution in [0.15, 0.2) is 33.9 Å². The van der Waals surface area contributed by atoms with Gasteiger partial charge in [0.05, 0.1) is 17.3 Å². The molecule has 0 N–H and O–H groups in total. The van der Waals surface area contributed by atoms with E-state index in [0.717, 1.165) is 11.9 Å². The summed E-state index contributed by atoms with van der Waals surface area (Å²) in [6, 6.07) is 7.25. The topological polar surface area (TPSA) is 80.5 Å². The Morgan fingerprint density at radius 2 is 2.21 bits per heavy atom. The zero-order valence-electron chi connectivity index (χ0n) is 13.5. The number of fused-ring (bicyclic) bond motifs is 1. The molecular weight excluding hydrogens is 348 g/mol. The molecule has 3 rings (SSSR count). The Hall–Kier alpha value is -1.54. The zero-order valence-corrected chi connectivity index (χ0v) is 15.1. The number of amides is 1. The number of carbonyl (C=O) groups excluding carboxylic acids is 1. The van der Waals surface area contributed by atoms with Gasteiger partial charge in [0, 0.05) is 12.6 Å². The molecule has 130 valence electrons. The predicted octanol–water partition coefficient (Wildman–Crippen LogP) is 2.35. The maximum atomic E-state index is 12.6. The van der Waals surface area contributed by atoms with E-state index in [-0.39, 0.29) is 29.2 Å². The number of sulfone groups is 1. The van der Waals surface area contributed by atoms with Gasteiger partial charge in [0.25, 0.3) is 5.22 Å². The lowest BCUT2D eigenvalue weighted by molar-refractivity contribution is -0.130. The number of thioether (sulfide) groups is 1. The van der Waals surface area contributed by atoms with Gasteiger partial charge >= 0.3 is 0 Å². The van der Waals surface area contributed by atoms with Crippen LogP contribution in [0, 0.1) is 0 Å². The third-order valence-electron chi connectivity index (χ3n) is 4.03. The molecule has 1 unspecified atom stereocenters. The van der Waals surface area contributed by atoms with Crippen LogP contribution in [0.5, 0.6) is 0 Å². The summed E-state index contributed by atoms with van der Waals surface area (Å²) in [5.41, 5.74) is 1.46. The minimum Gasteiger partial charge on any atom is -0.431 e. The van der Waals surface area contributed by atoms with Crippen molar-refractivity contribution in [1.82, 2.24) is 9.88 Å². The van der Waals surface area contributed by atoms with Gasteiger partial charge in [-0.25, -0.2) is 13.4 Å². The molecule has 6 nitrogen and oxygen atoms in total. The Balaban J connectivity index is 1.65. The van der Waals surface area contributed by atoms with Gasteiger partial charge < -0.3 is 9.32 Å². The summed E-state index contributed by atoms with van der Waals surface area (Å²) in [4.78, 5) is 18.6. The number of hydrogen-bond donors (Lipinski definition) is 0. The van der Waals surface area contributed by atoms with E-state index in [1.165, 1.54) is 11.8 Å². The van der Waals surface area contributed by atoms with Crippen LogP contribution in [-0.2, 0) is 14.6 Å². The quantitative estimate of drug-likeness (QED) is 0.728. The smallest absolute Gasteiger partial charge is 0.257 e. The molecule has 2 aromatic rings. The number of carbonyl (C=O) groups is 1. The number of rotatable bonds is 6. The Morgan fingerprint density at radius 1 is 1.42 bits per heavy atom. The third kappa shape index (κ3) is 3.92. The van der Waals surface area contributed by atoms with Crippen LogP contribution in [0.25, 0.3) is 11.1 Å². The van der Waals surface area contributed by atoms with Crippen LogP contribution in [-0.4, -0.2) is 54.1 Å². The summed E-state index contributed by atoms with van der Waals surface area (Å²) in [5, 5.41) is 0.458. The highest BCUT2D eigenvalue weighted by Crippen LogP contribution is 2.25. The van der Waals surface area contributed by atoms with E-state index in [0.29, 0.717) is 23.8 Å². The van der Waals surface area contributed by atoms with Gasteiger partial charge in [-0.05, 0) is 25.0 Å². The maximum Gasteiger partial charge on any atom is 0.257 e. The molecular formula is C16H20N2O4S2. The van der Waals surface area contributed by atoms with Crippen LogP contribution in [0.2, 0.25) is 0 Å². The fourth-order valence-electron chi connectivity index (χ4n) is 2.89. The molecule has 0 aliphatic carbocycles. The molecule has 1 aliphatic heterocycles. The fourth-order valence-corrected chi connectivity index (χ4v) is 5.35. The first kappa shape index (κ1) is 17.3. The van der Waals surface area contributed by atoms with E-state index >= 15 is 0 Å². The van der Waals surface area contributed by atoms with Crippen LogP contribution >= 0.6 is 11.8 Å². The van der Waals surface area contributed by atoms with E-state index in [1.54, 1.807) is 4.90 Å². The van der Waals surface area contributed by atoms with Gasteiger partial charge in [-0.2, -0.15) is 0 Å². The Morgan fingerprint density at radius 3 is 2.88 bits per heavy atom. The highest BCUT2D eigenvalue weighted by molar-refractivity contribution is 7.99. The van der Waals surface area contributed by atoms with Crippen LogP contribution < -0.4 is 0 Å². The van der Waals surface area contributed by atoms with Crippen molar-refractivity contribution in [3.05, 3.63) is 24.3 Å². The minimum atomic E-state index is -3.01. The molecule has 0 bridgehead atoms. The molecule has 1 atom stereocenters. The average Bonchev–Trinajstić information content (AvgIpc) is 3.12. The summed E-state index contributed by atoms with van der Waals surface area (Å²) in [7, 11) is -3.01. The van der Waals surface area contributed by atoms with Gasteiger partial charge in [-0.15, -0.1) is 0 Å². The number of para-hydroxylation sites is 2. The van der Waals surface area contributed by atoms with Gasteiger partial charge in [0.1, 0.15) is 5.52 Å². The van der Waals surface area contributed by atoms with Crippen LogP contribution in [0.4, 0.5) is 0 Å². The number of benzene rings is 1. The number of oxazole rings is 1. The summed E-state index contributed by atoms with van der Waals surface area (Å²) < 4.78 is 29.0. The second kappa shape index (κ2) is 7.14. The lowest BCUT2D eigenvalue weighted by Crippen LogP contribution is -2.42. The molecule has 1 aromatic heterocycles. The molecule has 1 amide bonds. The number of nitrogens with zero attached hydrogens (tertiary/aromatic N) is 2. The van der Waals surface area contributed by atoms with E-state index in [2.05, 4.69) is 4.98 Å². The van der Waals surface area contributed by atoms with E-state index in [4.69, 9.17) is 4.42 Å². The van der Waals surface area contributed by atoms with Gasteiger partial charge in [0.2, 0.25) is 5.91 Å². The SMILES string of the molecule is CCCN(C(=O)CSc1nc2ccccc2o1)C1CCS(=O)(=O)C1. The number of hydrogen-bond acceptors (Lipinski definition) is 6. The fraction of sp³-hybridized carbons (Fsp3) is 0.500. The predicted molar refractivity (Wildman–Crippen MR) is 93.8 cm³/mol. The zero-order chi connectivity index (χ0) is 17.2. The first-order valence-corrected chi connectivity index (χ1v) is 10.8. The molecule has 8 heteroatoms. The molecule has 1 aromatic carbocycles. The second-order valence-electron chi connectivity index (χ2n) is 5.88. The molecule has 0 radical (unpaired) electrons. The van der Waals surface area contributed by atoms with Crippen molar-refractivity contribution in [2.24, 2.45) is 0 Å². The van der Waals surface area contributed by atoms with Crippen molar-refractivity contribution in [3.8, 4) is 0 Å². The summed E-state index contributed by atoms with van der Waals surface area (Å²) in [5.74, 6) is 0.380. The van der Waals surface area contributed by atoms with Crippen molar-refractivity contribution in [1.29, 1.82) is 0 Å². The molecule has 0 spiro atoms. The minimum absolute atomic E-state index is 0.0637. The monoisotopic (exact) mass is 368 g/mol. The molecule has 24 heavy (non-hydrogen) atoms. The molecule has 0 saturated carbocycles. The van der Waals surface area contributed by atoms with E-state index < -0.39 is 9.84 Å². The summed E-state index contributed by atoms with van der Waals surface area (Å²) >= 11 is 1.25. The first-order valence-electron chi connectivity index (χ1n) is 7.97. The van der Waals surface area contributed by atoms with Crippen molar-refractivity contribution >= 4 is 38.6 Å². The van der Waals surface area contributed by atoms with E-state index in [9.17, 15) is 13.2 Å². The maximum absolute atomic E-state index is 12.6. The lowest BCUT2D eigenvalue weighted by Gasteiger charge is -2.27. The van der Waals surface area contributed by atoms with Crippen LogP contribution in [0.3, 0.4) is 0 Å². The summed E-state index contributed by atoms with van der Waals surface area (Å²) in [6.45, 7) is 2.56. The van der Waals surface area contributed by atoms with Gasteiger partial charge in [-0.3, -0.25) is 4.79 Å². The van der Waals surface area contributed by atoms with Crippen LogP contribution in [0.1, 0.15) is 19.8 Å². The Bertz CT molecular complexity index is 798. The van der Waals surface area contributed by atoms with Gasteiger partial charge in [0.15, 0.2) is 15.4 Å². The number of aromatic nitrogens is 1. The molecule has 1 saturated heterocycles.